The summed E-state index contributed by atoms with van der Waals surface area (Å²) in [6.45, 7) is 9.33. The molecule has 1 unspecified atom stereocenters. The summed E-state index contributed by atoms with van der Waals surface area (Å²) in [6.07, 6.45) is -0.795. The number of carbonyl (C=O) groups excluding carboxylic acids is 4. The van der Waals surface area contributed by atoms with Gasteiger partial charge in [0.2, 0.25) is 0 Å². The van der Waals surface area contributed by atoms with E-state index >= 15 is 0 Å². The fourth-order valence-electron chi connectivity index (χ4n) is 2.69. The van der Waals surface area contributed by atoms with Crippen molar-refractivity contribution in [2.45, 2.75) is 27.7 Å². The van der Waals surface area contributed by atoms with Gasteiger partial charge in [0.25, 0.3) is 17.7 Å². The van der Waals surface area contributed by atoms with E-state index in [4.69, 9.17) is 0 Å². The van der Waals surface area contributed by atoms with Crippen LogP contribution in [0.5, 0.6) is 0 Å². The van der Waals surface area contributed by atoms with Gasteiger partial charge in [0, 0.05) is 24.3 Å². The van der Waals surface area contributed by atoms with E-state index in [1.807, 2.05) is 20.8 Å². The van der Waals surface area contributed by atoms with Crippen LogP contribution in [-0.2, 0) is 14.3 Å². The van der Waals surface area contributed by atoms with E-state index in [-0.39, 0.29) is 31.5 Å². The number of imide groups is 1. The van der Waals surface area contributed by atoms with E-state index in [0.29, 0.717) is 35.8 Å². The summed E-state index contributed by atoms with van der Waals surface area (Å²) >= 11 is 0. The Kier molecular flexibility index (Phi) is 10.4. The quantitative estimate of drug-likeness (QED) is 0.516. The Morgan fingerprint density at radius 2 is 1.52 bits per heavy atom. The average Bonchev–Trinajstić information content (AvgIpc) is 2.68. The van der Waals surface area contributed by atoms with E-state index in [1.54, 1.807) is 36.1 Å². The normalized spacial score (nSPS) is 11.3. The maximum atomic E-state index is 12.3. The molecule has 0 bridgehead atoms. The first-order valence-electron chi connectivity index (χ1n) is 9.83. The van der Waals surface area contributed by atoms with Crippen molar-refractivity contribution < 1.29 is 28.8 Å². The van der Waals surface area contributed by atoms with Crippen LogP contribution in [0.15, 0.2) is 24.3 Å². The van der Waals surface area contributed by atoms with Gasteiger partial charge in [-0.2, -0.15) is 0 Å². The molecule has 0 spiro atoms. The van der Waals surface area contributed by atoms with Gasteiger partial charge in [-0.25, -0.2) is 4.79 Å². The summed E-state index contributed by atoms with van der Waals surface area (Å²) in [4.78, 5) is 50.1. The van der Waals surface area contributed by atoms with Crippen molar-refractivity contribution in [3.63, 3.8) is 0 Å². The number of anilines is 1. The van der Waals surface area contributed by atoms with E-state index in [2.05, 4.69) is 15.4 Å². The number of rotatable bonds is 10. The Morgan fingerprint density at radius 1 is 0.931 bits per heavy atom. The summed E-state index contributed by atoms with van der Waals surface area (Å²) in [5.74, 6) is -0.830. The number of carbonyl (C=O) groups is 4. The summed E-state index contributed by atoms with van der Waals surface area (Å²) in [5.41, 5.74) is 1.13. The smallest absolute Gasteiger partial charge is 0.414 e. The van der Waals surface area contributed by atoms with Gasteiger partial charge in [0.05, 0.1) is 13.2 Å². The zero-order chi connectivity index (χ0) is 21.8. The minimum atomic E-state index is -0.795. The number of likely N-dealkylation sites (N-methyl/N-ethyl adjacent to an activating group) is 1. The van der Waals surface area contributed by atoms with Crippen LogP contribution >= 0.6 is 0 Å². The molecule has 1 aromatic rings. The molecule has 29 heavy (non-hydrogen) atoms. The lowest BCUT2D eigenvalue weighted by atomic mass is 10.1. The molecule has 0 aliphatic rings. The predicted octanol–water partition coefficient (Wildman–Crippen LogP) is 0.285. The molecular weight excluding hydrogens is 376 g/mol. The van der Waals surface area contributed by atoms with Crippen LogP contribution < -0.4 is 15.5 Å². The minimum absolute atomic E-state index is 0.0277. The van der Waals surface area contributed by atoms with Crippen molar-refractivity contribution in [3.8, 4) is 0 Å². The standard InChI is InChI=1S/C20H30N4O5/c1-5-23(14-18(26)22-20(28)29-8-4)13-17(25)21-16-11-9-15(10-12-16)19(27)24(6-2)7-3/h9-12H,5-8,13-14H2,1-4H3,(H,21,25)(H,22,26,28)/p+1. The Labute approximate surface area is 171 Å². The monoisotopic (exact) mass is 407 g/mol. The fourth-order valence-corrected chi connectivity index (χ4v) is 2.69. The number of hydrogen-bond acceptors (Lipinski definition) is 5. The Bertz CT molecular complexity index is 701. The minimum Gasteiger partial charge on any atom is -0.450 e. The van der Waals surface area contributed by atoms with Crippen LogP contribution in [0.1, 0.15) is 38.1 Å². The SMILES string of the molecule is CCOC(=O)NC(=O)C[NH+](CC)CC(=O)Nc1ccc(C(=O)N(CC)CC)cc1. The Hall–Kier alpha value is -2.94. The number of benzene rings is 1. The van der Waals surface area contributed by atoms with Gasteiger partial charge in [-0.1, -0.05) is 0 Å². The highest BCUT2D eigenvalue weighted by molar-refractivity contribution is 5.96. The average molecular weight is 407 g/mol. The van der Waals surface area contributed by atoms with Crippen molar-refractivity contribution >= 4 is 29.5 Å². The van der Waals surface area contributed by atoms with Gasteiger partial charge in [-0.05, 0) is 52.0 Å². The molecule has 0 radical (unpaired) electrons. The molecule has 0 saturated heterocycles. The van der Waals surface area contributed by atoms with Crippen molar-refractivity contribution in [2.75, 3.05) is 44.6 Å². The topological polar surface area (TPSA) is 109 Å². The summed E-state index contributed by atoms with van der Waals surface area (Å²) in [5, 5.41) is 4.87. The Morgan fingerprint density at radius 3 is 2.03 bits per heavy atom. The molecule has 3 N–H and O–H groups in total. The first-order valence-corrected chi connectivity index (χ1v) is 9.83. The van der Waals surface area contributed by atoms with Gasteiger partial charge in [-0.3, -0.25) is 19.7 Å². The van der Waals surface area contributed by atoms with Crippen molar-refractivity contribution in [1.29, 1.82) is 0 Å². The third-order valence-electron chi connectivity index (χ3n) is 4.30. The van der Waals surface area contributed by atoms with Crippen molar-refractivity contribution in [1.82, 2.24) is 10.2 Å². The molecule has 0 aliphatic carbocycles. The number of alkyl carbamates (subject to hydrolysis) is 1. The van der Waals surface area contributed by atoms with Crippen LogP contribution in [0.2, 0.25) is 0 Å². The van der Waals surface area contributed by atoms with Crippen LogP contribution in [0.25, 0.3) is 0 Å². The molecular formula is C20H31N4O5+. The number of nitrogens with zero attached hydrogens (tertiary/aromatic N) is 1. The second kappa shape index (κ2) is 12.5. The third-order valence-corrected chi connectivity index (χ3v) is 4.30. The van der Waals surface area contributed by atoms with Gasteiger partial charge in [0.15, 0.2) is 13.1 Å². The molecule has 4 amide bonds. The number of ether oxygens (including phenoxy) is 1. The van der Waals surface area contributed by atoms with E-state index in [0.717, 1.165) is 0 Å². The highest BCUT2D eigenvalue weighted by Gasteiger charge is 2.19. The van der Waals surface area contributed by atoms with Crippen molar-refractivity contribution in [3.05, 3.63) is 29.8 Å². The number of nitrogens with one attached hydrogen (secondary N) is 3. The number of hydrogen-bond donors (Lipinski definition) is 3. The van der Waals surface area contributed by atoms with E-state index in [9.17, 15) is 19.2 Å². The maximum absolute atomic E-state index is 12.3. The van der Waals surface area contributed by atoms with Crippen LogP contribution in [0.3, 0.4) is 0 Å². The highest BCUT2D eigenvalue weighted by atomic mass is 16.5. The summed E-state index contributed by atoms with van der Waals surface area (Å²) < 4.78 is 4.66. The molecule has 0 aromatic heterocycles. The van der Waals surface area contributed by atoms with E-state index < -0.39 is 12.0 Å². The second-order valence-corrected chi connectivity index (χ2v) is 6.33. The lowest BCUT2D eigenvalue weighted by Crippen LogP contribution is -3.14. The predicted molar refractivity (Wildman–Crippen MR) is 109 cm³/mol. The van der Waals surface area contributed by atoms with Crippen LogP contribution in [0, 0.1) is 0 Å². The van der Waals surface area contributed by atoms with E-state index in [1.165, 1.54) is 0 Å². The molecule has 1 atom stereocenters. The molecule has 0 saturated carbocycles. The second-order valence-electron chi connectivity index (χ2n) is 6.33. The summed E-state index contributed by atoms with van der Waals surface area (Å²) in [6, 6.07) is 6.70. The van der Waals surface area contributed by atoms with Gasteiger partial charge < -0.3 is 19.9 Å². The zero-order valence-corrected chi connectivity index (χ0v) is 17.5. The van der Waals surface area contributed by atoms with Gasteiger partial charge in [-0.15, -0.1) is 0 Å². The maximum Gasteiger partial charge on any atom is 0.414 e. The molecule has 0 heterocycles. The fraction of sp³-hybridized carbons (Fsp3) is 0.500. The lowest BCUT2D eigenvalue weighted by molar-refractivity contribution is -0.881. The summed E-state index contributed by atoms with van der Waals surface area (Å²) in [7, 11) is 0. The number of quaternary nitrogens is 1. The third kappa shape index (κ3) is 8.30. The molecule has 160 valence electrons. The molecule has 1 aromatic carbocycles. The largest absolute Gasteiger partial charge is 0.450 e. The van der Waals surface area contributed by atoms with Gasteiger partial charge >= 0.3 is 6.09 Å². The molecule has 0 fully saturated rings. The molecule has 1 rings (SSSR count). The molecule has 0 aliphatic heterocycles. The lowest BCUT2D eigenvalue weighted by Gasteiger charge is -2.19. The van der Waals surface area contributed by atoms with Crippen molar-refractivity contribution in [2.24, 2.45) is 0 Å². The molecule has 9 nitrogen and oxygen atoms in total. The zero-order valence-electron chi connectivity index (χ0n) is 17.5. The highest BCUT2D eigenvalue weighted by Crippen LogP contribution is 2.11. The first-order chi connectivity index (χ1) is 13.8. The number of amides is 4. The first kappa shape index (κ1) is 24.1. The van der Waals surface area contributed by atoms with Crippen LogP contribution in [-0.4, -0.2) is 68.0 Å². The van der Waals surface area contributed by atoms with Crippen LogP contribution in [0.4, 0.5) is 10.5 Å². The Balaban J connectivity index is 2.58. The van der Waals surface area contributed by atoms with Gasteiger partial charge in [0.1, 0.15) is 0 Å². The molecule has 9 heteroatoms.